The molecule has 1 aromatic carbocycles. The summed E-state index contributed by atoms with van der Waals surface area (Å²) in [5.74, 6) is -2.82. The number of carboxylic acids is 1. The van der Waals surface area contributed by atoms with Gasteiger partial charge in [-0.2, -0.15) is 0 Å². The normalized spacial score (nSPS) is 19.0. The second kappa shape index (κ2) is 6.68. The van der Waals surface area contributed by atoms with Crippen LogP contribution in [0.5, 0.6) is 0 Å². The lowest BCUT2D eigenvalue weighted by Gasteiger charge is -2.24. The van der Waals surface area contributed by atoms with E-state index in [-0.39, 0.29) is 23.7 Å². The van der Waals surface area contributed by atoms with Crippen LogP contribution >= 0.6 is 0 Å². The molecular weight excluding hydrogens is 289 g/mol. The maximum absolute atomic E-state index is 13.1. The molecule has 5 nitrogen and oxygen atoms in total. The van der Waals surface area contributed by atoms with Gasteiger partial charge in [0.25, 0.3) is 0 Å². The first kappa shape index (κ1) is 16.1. The van der Waals surface area contributed by atoms with Gasteiger partial charge in [-0.25, -0.2) is 9.18 Å². The molecule has 1 fully saturated rings. The van der Waals surface area contributed by atoms with E-state index in [2.05, 4.69) is 0 Å². The summed E-state index contributed by atoms with van der Waals surface area (Å²) in [4.78, 5) is 36.9. The number of carbonyl (C=O) groups excluding carboxylic acids is 2. The van der Waals surface area contributed by atoms with Gasteiger partial charge in [-0.05, 0) is 25.0 Å². The third-order valence-corrected chi connectivity index (χ3v) is 3.88. The summed E-state index contributed by atoms with van der Waals surface area (Å²) in [7, 11) is 0. The van der Waals surface area contributed by atoms with Crippen LogP contribution < -0.4 is 0 Å². The summed E-state index contributed by atoms with van der Waals surface area (Å²) < 4.78 is 13.1. The Morgan fingerprint density at radius 2 is 2.14 bits per heavy atom. The first-order valence-electron chi connectivity index (χ1n) is 7.22. The van der Waals surface area contributed by atoms with Crippen LogP contribution in [0, 0.1) is 11.7 Å². The van der Waals surface area contributed by atoms with Crippen molar-refractivity contribution in [3.05, 3.63) is 35.6 Å². The van der Waals surface area contributed by atoms with Gasteiger partial charge in [0.2, 0.25) is 5.91 Å². The summed E-state index contributed by atoms with van der Waals surface area (Å²) >= 11 is 0. The van der Waals surface area contributed by atoms with E-state index in [1.807, 2.05) is 0 Å². The zero-order valence-corrected chi connectivity index (χ0v) is 12.3. The first-order chi connectivity index (χ1) is 10.4. The number of rotatable bonds is 5. The fourth-order valence-electron chi connectivity index (χ4n) is 2.72. The highest BCUT2D eigenvalue weighted by Crippen LogP contribution is 2.22. The second-order valence-corrected chi connectivity index (χ2v) is 5.57. The van der Waals surface area contributed by atoms with Crippen LogP contribution in [0.15, 0.2) is 24.3 Å². The fraction of sp³-hybridized carbons (Fsp3) is 0.438. The highest BCUT2D eigenvalue weighted by molar-refractivity contribution is 5.98. The van der Waals surface area contributed by atoms with Gasteiger partial charge in [-0.1, -0.05) is 19.1 Å². The molecule has 1 aliphatic heterocycles. The number of carboxylic acid groups (broad SMARTS) is 1. The van der Waals surface area contributed by atoms with E-state index in [1.54, 1.807) is 6.92 Å². The second-order valence-electron chi connectivity index (χ2n) is 5.57. The van der Waals surface area contributed by atoms with E-state index in [0.29, 0.717) is 19.4 Å². The van der Waals surface area contributed by atoms with Crippen molar-refractivity contribution in [2.24, 2.45) is 5.92 Å². The molecule has 0 bridgehead atoms. The minimum Gasteiger partial charge on any atom is -0.480 e. The standard InChI is InChI=1S/C16H18FNO4/c1-10(8-14(19)11-4-2-5-12(17)9-11)15(20)18-7-3-6-13(18)16(21)22/h2,4-5,9-10,13H,3,6-8H2,1H3,(H,21,22)/t10?,13-/m0/s1. The van der Waals surface area contributed by atoms with Crippen molar-refractivity contribution < 1.29 is 23.9 Å². The van der Waals surface area contributed by atoms with Gasteiger partial charge in [0, 0.05) is 24.4 Å². The minimum absolute atomic E-state index is 0.0644. The minimum atomic E-state index is -1.02. The number of ketones is 1. The number of carbonyl (C=O) groups is 3. The lowest BCUT2D eigenvalue weighted by atomic mass is 9.98. The third-order valence-electron chi connectivity index (χ3n) is 3.88. The molecule has 2 atom stereocenters. The first-order valence-corrected chi connectivity index (χ1v) is 7.22. The van der Waals surface area contributed by atoms with Crippen molar-refractivity contribution in [3.8, 4) is 0 Å². The molecule has 1 N–H and O–H groups in total. The molecular formula is C16H18FNO4. The molecule has 2 rings (SSSR count). The van der Waals surface area contributed by atoms with Crippen molar-refractivity contribution in [2.75, 3.05) is 6.54 Å². The van der Waals surface area contributed by atoms with Crippen LogP contribution in [0.4, 0.5) is 4.39 Å². The smallest absolute Gasteiger partial charge is 0.326 e. The van der Waals surface area contributed by atoms with Crippen molar-refractivity contribution in [1.29, 1.82) is 0 Å². The fourth-order valence-corrected chi connectivity index (χ4v) is 2.72. The van der Waals surface area contributed by atoms with E-state index < -0.39 is 23.7 Å². The predicted octanol–water partition coefficient (Wildman–Crippen LogP) is 2.11. The number of hydrogen-bond donors (Lipinski definition) is 1. The Balaban J connectivity index is 2.02. The number of hydrogen-bond acceptors (Lipinski definition) is 3. The Bertz CT molecular complexity index is 602. The average Bonchev–Trinajstić information content (AvgIpc) is 2.95. The van der Waals surface area contributed by atoms with Gasteiger partial charge >= 0.3 is 5.97 Å². The molecule has 1 heterocycles. The predicted molar refractivity (Wildman–Crippen MR) is 76.9 cm³/mol. The lowest BCUT2D eigenvalue weighted by Crippen LogP contribution is -2.43. The van der Waals surface area contributed by atoms with E-state index >= 15 is 0 Å². The Kier molecular flexibility index (Phi) is 4.90. The van der Waals surface area contributed by atoms with Crippen LogP contribution in [0.2, 0.25) is 0 Å². The Morgan fingerprint density at radius 3 is 2.77 bits per heavy atom. The summed E-state index contributed by atoms with van der Waals surface area (Å²) in [5, 5.41) is 9.10. The highest BCUT2D eigenvalue weighted by Gasteiger charge is 2.36. The molecule has 1 unspecified atom stereocenters. The maximum Gasteiger partial charge on any atom is 0.326 e. The molecule has 1 aliphatic rings. The SMILES string of the molecule is CC(CC(=O)c1cccc(F)c1)C(=O)N1CCC[C@H]1C(=O)O. The average molecular weight is 307 g/mol. The van der Waals surface area contributed by atoms with E-state index in [0.717, 1.165) is 6.07 Å². The number of benzene rings is 1. The van der Waals surface area contributed by atoms with Crippen LogP contribution in [0.1, 0.15) is 36.5 Å². The van der Waals surface area contributed by atoms with Gasteiger partial charge in [-0.15, -0.1) is 0 Å². The van der Waals surface area contributed by atoms with E-state index in [9.17, 15) is 18.8 Å². The molecule has 1 aromatic rings. The monoisotopic (exact) mass is 307 g/mol. The summed E-state index contributed by atoms with van der Waals surface area (Å²) in [5.41, 5.74) is 0.218. The van der Waals surface area contributed by atoms with Gasteiger partial charge in [0.05, 0.1) is 0 Å². The molecule has 6 heteroatoms. The number of likely N-dealkylation sites (tertiary alicyclic amines) is 1. The van der Waals surface area contributed by atoms with Crippen LogP contribution in [-0.4, -0.2) is 40.3 Å². The van der Waals surface area contributed by atoms with Gasteiger partial charge < -0.3 is 10.0 Å². The molecule has 0 aliphatic carbocycles. The topological polar surface area (TPSA) is 74.7 Å². The molecule has 0 aromatic heterocycles. The van der Waals surface area contributed by atoms with Gasteiger partial charge in [0.15, 0.2) is 5.78 Å². The molecule has 0 spiro atoms. The number of Topliss-reactive ketones (excluding diaryl/α,β-unsaturated/α-hetero) is 1. The number of aliphatic carboxylic acids is 1. The summed E-state index contributed by atoms with van der Waals surface area (Å²) in [6, 6.07) is 4.51. The zero-order valence-electron chi connectivity index (χ0n) is 12.3. The molecule has 0 saturated carbocycles. The van der Waals surface area contributed by atoms with Crippen molar-refractivity contribution >= 4 is 17.7 Å². The molecule has 22 heavy (non-hydrogen) atoms. The largest absolute Gasteiger partial charge is 0.480 e. The number of nitrogens with zero attached hydrogens (tertiary/aromatic N) is 1. The van der Waals surface area contributed by atoms with E-state index in [4.69, 9.17) is 5.11 Å². The van der Waals surface area contributed by atoms with Crippen molar-refractivity contribution in [3.63, 3.8) is 0 Å². The van der Waals surface area contributed by atoms with Crippen LogP contribution in [0.25, 0.3) is 0 Å². The lowest BCUT2D eigenvalue weighted by molar-refractivity contribution is -0.149. The van der Waals surface area contributed by atoms with E-state index in [1.165, 1.54) is 23.1 Å². The number of amides is 1. The van der Waals surface area contributed by atoms with Crippen LogP contribution in [0.3, 0.4) is 0 Å². The Morgan fingerprint density at radius 1 is 1.41 bits per heavy atom. The quantitative estimate of drug-likeness (QED) is 0.845. The van der Waals surface area contributed by atoms with Gasteiger partial charge in [0.1, 0.15) is 11.9 Å². The maximum atomic E-state index is 13.1. The Hall–Kier alpha value is -2.24. The molecule has 1 saturated heterocycles. The van der Waals surface area contributed by atoms with Crippen molar-refractivity contribution in [2.45, 2.75) is 32.2 Å². The van der Waals surface area contributed by atoms with Gasteiger partial charge in [-0.3, -0.25) is 9.59 Å². The zero-order chi connectivity index (χ0) is 16.3. The highest BCUT2D eigenvalue weighted by atomic mass is 19.1. The van der Waals surface area contributed by atoms with Crippen LogP contribution in [-0.2, 0) is 9.59 Å². The number of halogens is 1. The molecule has 1 amide bonds. The molecule has 118 valence electrons. The summed E-state index contributed by atoms with van der Waals surface area (Å²) in [6.45, 7) is 1.99. The Labute approximate surface area is 127 Å². The van der Waals surface area contributed by atoms with Crippen molar-refractivity contribution in [1.82, 2.24) is 4.90 Å². The third kappa shape index (κ3) is 3.50. The molecule has 0 radical (unpaired) electrons. The summed E-state index contributed by atoms with van der Waals surface area (Å²) in [6.07, 6.45) is 1.02.